The fourth-order valence-corrected chi connectivity index (χ4v) is 5.12. The zero-order chi connectivity index (χ0) is 18.5. The second kappa shape index (κ2) is 6.50. The number of hydrogen-bond acceptors (Lipinski definition) is 3. The summed E-state index contributed by atoms with van der Waals surface area (Å²) in [7, 11) is 0. The van der Waals surface area contributed by atoms with Gasteiger partial charge in [0.15, 0.2) is 0 Å². The van der Waals surface area contributed by atoms with Crippen molar-refractivity contribution in [3.8, 4) is 0 Å². The third kappa shape index (κ3) is 2.89. The predicted molar refractivity (Wildman–Crippen MR) is 94.5 cm³/mol. The lowest BCUT2D eigenvalue weighted by atomic mass is 9.70. The summed E-state index contributed by atoms with van der Waals surface area (Å²) < 4.78 is 19.2. The third-order valence-electron chi connectivity index (χ3n) is 6.28. The first-order valence-electron chi connectivity index (χ1n) is 9.00. The lowest BCUT2D eigenvalue weighted by Gasteiger charge is -2.42. The Morgan fingerprint density at radius 3 is 2.62 bits per heavy atom. The van der Waals surface area contributed by atoms with E-state index in [-0.39, 0.29) is 33.9 Å². The van der Waals surface area contributed by atoms with Crippen LogP contribution in [0, 0.1) is 17.2 Å². The Balaban J connectivity index is 1.49. The van der Waals surface area contributed by atoms with Gasteiger partial charge in [-0.25, -0.2) is 4.39 Å². The van der Waals surface area contributed by atoms with Gasteiger partial charge >= 0.3 is 0 Å². The number of piperidine rings is 1. The fraction of sp³-hybridized carbons (Fsp3) is 0.579. The van der Waals surface area contributed by atoms with Crippen molar-refractivity contribution >= 4 is 23.4 Å². The normalized spacial score (nSPS) is 27.0. The summed E-state index contributed by atoms with van der Waals surface area (Å²) in [6.45, 7) is 4.85. The summed E-state index contributed by atoms with van der Waals surface area (Å²) in [5.41, 5.74) is 0.299. The molecule has 0 unspecified atom stereocenters. The quantitative estimate of drug-likeness (QED) is 0.752. The number of likely N-dealkylation sites (tertiary alicyclic amines) is 2. The van der Waals surface area contributed by atoms with E-state index in [1.54, 1.807) is 11.8 Å². The maximum Gasteiger partial charge on any atom is 0.254 e. The first-order valence-corrected chi connectivity index (χ1v) is 9.38. The van der Waals surface area contributed by atoms with Crippen LogP contribution < -0.4 is 0 Å². The average molecular weight is 381 g/mol. The van der Waals surface area contributed by atoms with Gasteiger partial charge in [0.25, 0.3) is 5.91 Å². The Morgan fingerprint density at radius 1 is 1.23 bits per heavy atom. The van der Waals surface area contributed by atoms with Gasteiger partial charge in [-0.3, -0.25) is 9.59 Å². The minimum absolute atomic E-state index is 0.0171. The molecule has 3 aliphatic rings. The van der Waals surface area contributed by atoms with E-state index in [0.29, 0.717) is 32.2 Å². The maximum absolute atomic E-state index is 13.6. The molecule has 0 aromatic heterocycles. The zero-order valence-electron chi connectivity index (χ0n) is 14.7. The highest BCUT2D eigenvalue weighted by molar-refractivity contribution is 6.31. The Morgan fingerprint density at radius 2 is 1.96 bits per heavy atom. The second-order valence-corrected chi connectivity index (χ2v) is 8.11. The van der Waals surface area contributed by atoms with Crippen molar-refractivity contribution in [1.29, 1.82) is 0 Å². The molecule has 0 aliphatic carbocycles. The number of nitrogens with zero attached hydrogens (tertiary/aromatic N) is 2. The maximum atomic E-state index is 13.6. The second-order valence-electron chi connectivity index (χ2n) is 7.67. The van der Waals surface area contributed by atoms with Gasteiger partial charge in [-0.1, -0.05) is 11.6 Å². The number of halogens is 2. The van der Waals surface area contributed by atoms with Crippen LogP contribution in [0.3, 0.4) is 0 Å². The van der Waals surface area contributed by atoms with Crippen molar-refractivity contribution in [2.75, 3.05) is 32.8 Å². The van der Waals surface area contributed by atoms with Gasteiger partial charge in [-0.05, 0) is 36.5 Å². The van der Waals surface area contributed by atoms with E-state index in [9.17, 15) is 14.0 Å². The van der Waals surface area contributed by atoms with E-state index in [1.807, 2.05) is 4.90 Å². The van der Waals surface area contributed by atoms with Crippen molar-refractivity contribution in [2.24, 2.45) is 11.3 Å². The van der Waals surface area contributed by atoms with Gasteiger partial charge in [0.1, 0.15) is 5.82 Å². The van der Waals surface area contributed by atoms with Gasteiger partial charge in [0.2, 0.25) is 5.91 Å². The fourth-order valence-electron chi connectivity index (χ4n) is 4.90. The van der Waals surface area contributed by atoms with E-state index in [0.717, 1.165) is 19.4 Å². The minimum atomic E-state index is -0.506. The van der Waals surface area contributed by atoms with E-state index >= 15 is 0 Å². The molecule has 140 valence electrons. The van der Waals surface area contributed by atoms with Crippen LogP contribution in [0.1, 0.15) is 30.1 Å². The van der Waals surface area contributed by atoms with Crippen molar-refractivity contribution in [2.45, 2.75) is 25.8 Å². The predicted octanol–water partition coefficient (Wildman–Crippen LogP) is 2.58. The van der Waals surface area contributed by atoms with Crippen LogP contribution >= 0.6 is 11.6 Å². The number of hydrogen-bond donors (Lipinski definition) is 0. The van der Waals surface area contributed by atoms with Crippen molar-refractivity contribution in [1.82, 2.24) is 9.80 Å². The van der Waals surface area contributed by atoms with Crippen LogP contribution in [0.25, 0.3) is 0 Å². The molecule has 0 saturated carbocycles. The number of carbonyl (C=O) groups excluding carboxylic acids is 2. The molecule has 2 atom stereocenters. The average Bonchev–Trinajstić information content (AvgIpc) is 3.18. The summed E-state index contributed by atoms with van der Waals surface area (Å²) >= 11 is 5.88. The molecule has 1 aromatic rings. The van der Waals surface area contributed by atoms with Gasteiger partial charge in [0, 0.05) is 43.1 Å². The molecule has 1 aromatic carbocycles. The molecule has 0 bridgehead atoms. The van der Waals surface area contributed by atoms with Gasteiger partial charge in [-0.15, -0.1) is 0 Å². The molecule has 3 saturated heterocycles. The topological polar surface area (TPSA) is 49.9 Å². The molecule has 3 aliphatic heterocycles. The number of ether oxygens (including phenoxy) is 1. The lowest BCUT2D eigenvalue weighted by Crippen LogP contribution is -2.47. The monoisotopic (exact) mass is 380 g/mol. The number of rotatable bonds is 1. The van der Waals surface area contributed by atoms with Crippen LogP contribution in [-0.2, 0) is 9.53 Å². The summed E-state index contributed by atoms with van der Waals surface area (Å²) in [6, 6.07) is 4.09. The molecule has 26 heavy (non-hydrogen) atoms. The molecule has 0 radical (unpaired) electrons. The highest BCUT2D eigenvalue weighted by Crippen LogP contribution is 2.50. The van der Waals surface area contributed by atoms with Crippen LogP contribution in [0.4, 0.5) is 4.39 Å². The van der Waals surface area contributed by atoms with E-state index in [1.165, 1.54) is 18.2 Å². The lowest BCUT2D eigenvalue weighted by molar-refractivity contribution is -0.130. The molecule has 7 heteroatoms. The Hall–Kier alpha value is -1.66. The Kier molecular flexibility index (Phi) is 4.43. The molecule has 4 rings (SSSR count). The molecule has 5 nitrogen and oxygen atoms in total. The smallest absolute Gasteiger partial charge is 0.254 e. The van der Waals surface area contributed by atoms with E-state index < -0.39 is 5.82 Å². The van der Waals surface area contributed by atoms with E-state index in [2.05, 4.69) is 0 Å². The standard InChI is InChI=1S/C19H22ClFN2O3/c1-12(24)23-11-19(16-9-26-10-17(16)23)2-4-22(5-3-19)18(25)13-6-14(20)8-15(21)7-13/h6-8,16-17H,2-5,9-11H2,1H3/t16-,17+/m0/s1. The third-order valence-corrected chi connectivity index (χ3v) is 6.50. The highest BCUT2D eigenvalue weighted by atomic mass is 35.5. The minimum Gasteiger partial charge on any atom is -0.379 e. The first kappa shape index (κ1) is 17.7. The molecular weight excluding hydrogens is 359 g/mol. The van der Waals surface area contributed by atoms with E-state index in [4.69, 9.17) is 16.3 Å². The number of fused-ring (bicyclic) bond motifs is 2. The van der Waals surface area contributed by atoms with Crippen molar-refractivity contribution < 1.29 is 18.7 Å². The Labute approximate surface area is 157 Å². The summed E-state index contributed by atoms with van der Waals surface area (Å²) in [5.74, 6) is -0.266. The van der Waals surface area contributed by atoms with Gasteiger partial charge in [0.05, 0.1) is 19.3 Å². The molecular formula is C19H22ClFN2O3. The van der Waals surface area contributed by atoms with Crippen LogP contribution in [0.2, 0.25) is 5.02 Å². The van der Waals surface area contributed by atoms with Crippen LogP contribution in [0.5, 0.6) is 0 Å². The summed E-state index contributed by atoms with van der Waals surface area (Å²) in [5, 5.41) is 0.223. The summed E-state index contributed by atoms with van der Waals surface area (Å²) in [4.78, 5) is 28.4. The largest absolute Gasteiger partial charge is 0.379 e. The number of carbonyl (C=O) groups is 2. The highest BCUT2D eigenvalue weighted by Gasteiger charge is 2.56. The molecule has 2 amide bonds. The molecule has 3 fully saturated rings. The van der Waals surface area contributed by atoms with Crippen LogP contribution in [0.15, 0.2) is 18.2 Å². The Bertz CT molecular complexity index is 728. The number of amides is 2. The number of benzene rings is 1. The van der Waals surface area contributed by atoms with Crippen LogP contribution in [-0.4, -0.2) is 60.5 Å². The SMILES string of the molecule is CC(=O)N1CC2(CCN(C(=O)c3cc(F)cc(Cl)c3)CC2)[C@H]2COC[C@H]21. The van der Waals surface area contributed by atoms with Crippen molar-refractivity contribution in [3.63, 3.8) is 0 Å². The molecule has 3 heterocycles. The van der Waals surface area contributed by atoms with Gasteiger partial charge in [-0.2, -0.15) is 0 Å². The summed E-state index contributed by atoms with van der Waals surface area (Å²) in [6.07, 6.45) is 1.66. The zero-order valence-corrected chi connectivity index (χ0v) is 15.5. The molecule has 1 spiro atoms. The molecule has 0 N–H and O–H groups in total. The van der Waals surface area contributed by atoms with Crippen molar-refractivity contribution in [3.05, 3.63) is 34.6 Å². The first-order chi connectivity index (χ1) is 12.4. The van der Waals surface area contributed by atoms with Gasteiger partial charge < -0.3 is 14.5 Å².